The fourth-order valence-corrected chi connectivity index (χ4v) is 2.79. The number of hydrogen-bond donors (Lipinski definition) is 1. The summed E-state index contributed by atoms with van der Waals surface area (Å²) in [5.74, 6) is -0.698. The number of carbonyl (C=O) groups excluding carboxylic acids is 1. The molecule has 0 bridgehead atoms. The van der Waals surface area contributed by atoms with E-state index < -0.39 is 5.82 Å². The third-order valence-electron chi connectivity index (χ3n) is 4.17. The van der Waals surface area contributed by atoms with Gasteiger partial charge in [0.05, 0.1) is 5.56 Å². The summed E-state index contributed by atoms with van der Waals surface area (Å²) in [7, 11) is 0. The summed E-state index contributed by atoms with van der Waals surface area (Å²) in [5.41, 5.74) is -0.220. The number of aldehydes is 1. The Bertz CT molecular complexity index is 597. The van der Waals surface area contributed by atoms with E-state index in [9.17, 15) is 9.18 Å². The second kappa shape index (κ2) is 7.03. The Morgan fingerprint density at radius 1 is 1.64 bits per heavy atom. The van der Waals surface area contributed by atoms with Crippen molar-refractivity contribution >= 4 is 23.7 Å². The van der Waals surface area contributed by atoms with E-state index in [2.05, 4.69) is 10.3 Å². The van der Waals surface area contributed by atoms with Crippen molar-refractivity contribution in [1.82, 2.24) is 4.98 Å². The molecule has 1 aliphatic rings. The first-order valence-corrected chi connectivity index (χ1v) is 7.42. The zero-order valence-corrected chi connectivity index (χ0v) is 13.0. The van der Waals surface area contributed by atoms with Gasteiger partial charge in [-0.15, -0.1) is 0 Å². The highest BCUT2D eigenvalue weighted by atomic mass is 35.5. The summed E-state index contributed by atoms with van der Waals surface area (Å²) in [6.07, 6.45) is 2.57. The Labute approximate surface area is 133 Å². The van der Waals surface area contributed by atoms with Gasteiger partial charge >= 0.3 is 0 Å². The molecule has 1 unspecified atom stereocenters. The number of ether oxygens (including phenoxy) is 1. The lowest BCUT2D eigenvalue weighted by Crippen LogP contribution is -2.43. The van der Waals surface area contributed by atoms with Gasteiger partial charge in [0.1, 0.15) is 17.5 Å². The van der Waals surface area contributed by atoms with Crippen LogP contribution in [0.25, 0.3) is 0 Å². The molecule has 1 aliphatic heterocycles. The molecule has 0 saturated carbocycles. The van der Waals surface area contributed by atoms with Crippen molar-refractivity contribution in [3.05, 3.63) is 22.6 Å². The van der Waals surface area contributed by atoms with Crippen LogP contribution in [-0.4, -0.2) is 30.5 Å². The summed E-state index contributed by atoms with van der Waals surface area (Å²) < 4.78 is 19.4. The lowest BCUT2D eigenvalue weighted by Gasteiger charge is -2.40. The third-order valence-corrected chi connectivity index (χ3v) is 4.46. The van der Waals surface area contributed by atoms with Crippen LogP contribution in [0.1, 0.15) is 31.7 Å². The second-order valence-corrected chi connectivity index (χ2v) is 5.99. The fraction of sp³-hybridized carbons (Fsp3) is 0.533. The molecule has 1 fully saturated rings. The molecule has 1 aromatic rings. The molecular weight excluding hydrogens is 309 g/mol. The number of pyridine rings is 1. The Balaban J connectivity index is 2.26. The van der Waals surface area contributed by atoms with Crippen molar-refractivity contribution < 1.29 is 13.9 Å². The summed E-state index contributed by atoms with van der Waals surface area (Å²) in [5, 5.41) is 11.7. The van der Waals surface area contributed by atoms with Crippen molar-refractivity contribution in [2.24, 2.45) is 5.41 Å². The SMILES string of the molecule is CC1(C(CC=O)Nc2nc(Cl)c(C#N)cc2F)CCOCC1. The average molecular weight is 326 g/mol. The first kappa shape index (κ1) is 16.7. The number of nitriles is 1. The van der Waals surface area contributed by atoms with Gasteiger partial charge in [0.25, 0.3) is 0 Å². The van der Waals surface area contributed by atoms with Gasteiger partial charge in [0.15, 0.2) is 11.6 Å². The zero-order chi connectivity index (χ0) is 16.2. The standard InChI is InChI=1S/C15H17ClFN3O2/c1-15(3-6-22-7-4-15)12(2-5-21)19-14-11(17)8-10(9-18)13(16)20-14/h5,8,12H,2-4,6-7H2,1H3,(H,19,20). The van der Waals surface area contributed by atoms with Gasteiger partial charge in [-0.2, -0.15) is 5.26 Å². The molecule has 2 heterocycles. The molecule has 1 saturated heterocycles. The molecule has 1 aromatic heterocycles. The first-order chi connectivity index (χ1) is 10.5. The number of nitrogens with one attached hydrogen (secondary N) is 1. The molecule has 7 heteroatoms. The smallest absolute Gasteiger partial charge is 0.166 e. The molecule has 2 rings (SSSR count). The highest BCUT2D eigenvalue weighted by molar-refractivity contribution is 6.30. The molecule has 5 nitrogen and oxygen atoms in total. The summed E-state index contributed by atoms with van der Waals surface area (Å²) in [4.78, 5) is 14.9. The predicted octanol–water partition coefficient (Wildman–Crippen LogP) is 2.93. The van der Waals surface area contributed by atoms with Crippen molar-refractivity contribution in [2.75, 3.05) is 18.5 Å². The molecule has 1 atom stereocenters. The van der Waals surface area contributed by atoms with E-state index in [0.29, 0.717) is 13.2 Å². The van der Waals surface area contributed by atoms with E-state index in [0.717, 1.165) is 25.2 Å². The maximum Gasteiger partial charge on any atom is 0.166 e. The maximum absolute atomic E-state index is 14.1. The van der Waals surface area contributed by atoms with E-state index in [1.165, 1.54) is 0 Å². The predicted molar refractivity (Wildman–Crippen MR) is 80.2 cm³/mol. The van der Waals surface area contributed by atoms with Crippen LogP contribution in [0.3, 0.4) is 0 Å². The Kier molecular flexibility index (Phi) is 5.33. The van der Waals surface area contributed by atoms with Crippen molar-refractivity contribution in [2.45, 2.75) is 32.2 Å². The number of hydrogen-bond acceptors (Lipinski definition) is 5. The van der Waals surface area contributed by atoms with Crippen LogP contribution in [0.4, 0.5) is 10.2 Å². The monoisotopic (exact) mass is 325 g/mol. The van der Waals surface area contributed by atoms with Crippen molar-refractivity contribution in [1.29, 1.82) is 5.26 Å². The van der Waals surface area contributed by atoms with Gasteiger partial charge in [0.2, 0.25) is 0 Å². The van der Waals surface area contributed by atoms with E-state index in [4.69, 9.17) is 21.6 Å². The number of nitrogens with zero attached hydrogens (tertiary/aromatic N) is 2. The van der Waals surface area contributed by atoms with Crippen LogP contribution in [0.15, 0.2) is 6.07 Å². The number of halogens is 2. The van der Waals surface area contributed by atoms with E-state index in [-0.39, 0.29) is 34.4 Å². The average Bonchev–Trinajstić information content (AvgIpc) is 2.50. The van der Waals surface area contributed by atoms with Crippen LogP contribution < -0.4 is 5.32 Å². The van der Waals surface area contributed by atoms with E-state index >= 15 is 0 Å². The minimum atomic E-state index is -0.660. The number of rotatable bonds is 5. The molecule has 0 spiro atoms. The van der Waals surface area contributed by atoms with Gasteiger partial charge in [-0.1, -0.05) is 18.5 Å². The van der Waals surface area contributed by atoms with Gasteiger partial charge in [-0.3, -0.25) is 0 Å². The zero-order valence-electron chi connectivity index (χ0n) is 12.2. The minimum absolute atomic E-state index is 0.0195. The number of aromatic nitrogens is 1. The topological polar surface area (TPSA) is 75.0 Å². The molecule has 0 aromatic carbocycles. The maximum atomic E-state index is 14.1. The quantitative estimate of drug-likeness (QED) is 0.665. The number of carbonyl (C=O) groups is 1. The van der Waals surface area contributed by atoms with Gasteiger partial charge in [0, 0.05) is 25.7 Å². The highest BCUT2D eigenvalue weighted by Crippen LogP contribution is 2.36. The Morgan fingerprint density at radius 2 is 2.32 bits per heavy atom. The lowest BCUT2D eigenvalue weighted by atomic mass is 9.74. The molecule has 0 aliphatic carbocycles. The summed E-state index contributed by atoms with van der Waals surface area (Å²) in [6, 6.07) is 2.54. The molecule has 118 valence electrons. The normalized spacial score (nSPS) is 18.3. The van der Waals surface area contributed by atoms with Crippen LogP contribution in [0.5, 0.6) is 0 Å². The minimum Gasteiger partial charge on any atom is -0.381 e. The molecule has 1 N–H and O–H groups in total. The van der Waals surface area contributed by atoms with Gasteiger partial charge < -0.3 is 14.8 Å². The molecule has 0 amide bonds. The number of anilines is 1. The Hall–Kier alpha value is -1.71. The first-order valence-electron chi connectivity index (χ1n) is 7.04. The third kappa shape index (κ3) is 3.54. The van der Waals surface area contributed by atoms with Gasteiger partial charge in [-0.05, 0) is 24.3 Å². The van der Waals surface area contributed by atoms with Crippen LogP contribution >= 0.6 is 11.6 Å². The van der Waals surface area contributed by atoms with Gasteiger partial charge in [-0.25, -0.2) is 9.37 Å². The van der Waals surface area contributed by atoms with Crippen LogP contribution in [-0.2, 0) is 9.53 Å². The second-order valence-electron chi connectivity index (χ2n) is 5.63. The summed E-state index contributed by atoms with van der Waals surface area (Å²) >= 11 is 5.85. The van der Waals surface area contributed by atoms with E-state index in [1.54, 1.807) is 6.07 Å². The fourth-order valence-electron chi connectivity index (χ4n) is 2.61. The molecule has 0 radical (unpaired) electrons. The van der Waals surface area contributed by atoms with Crippen molar-refractivity contribution in [3.8, 4) is 6.07 Å². The van der Waals surface area contributed by atoms with Crippen LogP contribution in [0, 0.1) is 22.6 Å². The van der Waals surface area contributed by atoms with E-state index in [1.807, 2.05) is 6.92 Å². The summed E-state index contributed by atoms with van der Waals surface area (Å²) in [6.45, 7) is 3.26. The van der Waals surface area contributed by atoms with Crippen LogP contribution in [0.2, 0.25) is 5.15 Å². The lowest BCUT2D eigenvalue weighted by molar-refractivity contribution is -0.109. The molecule has 22 heavy (non-hydrogen) atoms. The largest absolute Gasteiger partial charge is 0.381 e. The van der Waals surface area contributed by atoms with Crippen molar-refractivity contribution in [3.63, 3.8) is 0 Å². The molecular formula is C15H17ClFN3O2. The Morgan fingerprint density at radius 3 is 2.91 bits per heavy atom. The highest BCUT2D eigenvalue weighted by Gasteiger charge is 2.36.